The minimum absolute atomic E-state index is 0.00857. The Morgan fingerprint density at radius 1 is 1.59 bits per heavy atom. The van der Waals surface area contributed by atoms with E-state index in [-0.39, 0.29) is 11.9 Å². The van der Waals surface area contributed by atoms with Gasteiger partial charge in [-0.15, -0.1) is 0 Å². The molecule has 17 heavy (non-hydrogen) atoms. The molecule has 0 spiro atoms. The number of nitrogens with one attached hydrogen (secondary N) is 1. The van der Waals surface area contributed by atoms with Crippen LogP contribution in [0.3, 0.4) is 0 Å². The van der Waals surface area contributed by atoms with Crippen LogP contribution in [-0.2, 0) is 4.79 Å². The summed E-state index contributed by atoms with van der Waals surface area (Å²) in [5.41, 5.74) is 6.63. The van der Waals surface area contributed by atoms with E-state index in [1.54, 1.807) is 18.2 Å². The van der Waals surface area contributed by atoms with Crippen LogP contribution >= 0.6 is 27.5 Å². The van der Waals surface area contributed by atoms with Crippen LogP contribution in [0.2, 0.25) is 5.02 Å². The number of nitrogens with two attached hydrogens (primary N) is 1. The highest BCUT2D eigenvalue weighted by atomic mass is 79.9. The van der Waals surface area contributed by atoms with Crippen LogP contribution in [0.5, 0.6) is 0 Å². The number of carbonyl (C=O) groups excluding carboxylic acids is 1. The fraction of sp³-hybridized carbons (Fsp3) is 0.417. The van der Waals surface area contributed by atoms with Crippen molar-refractivity contribution in [1.29, 1.82) is 0 Å². The Kier molecular flexibility index (Phi) is 4.07. The average molecular weight is 318 g/mol. The van der Waals surface area contributed by atoms with Gasteiger partial charge in [0.05, 0.1) is 5.02 Å². The Morgan fingerprint density at radius 3 is 2.88 bits per heavy atom. The van der Waals surface area contributed by atoms with Gasteiger partial charge in [-0.3, -0.25) is 4.79 Å². The van der Waals surface area contributed by atoms with E-state index >= 15 is 0 Å². The van der Waals surface area contributed by atoms with Crippen LogP contribution < -0.4 is 11.1 Å². The number of hydrogen-bond donors (Lipinski definition) is 2. The largest absolute Gasteiger partial charge is 0.327 e. The highest BCUT2D eigenvalue weighted by Gasteiger charge is 2.29. The van der Waals surface area contributed by atoms with Crippen LogP contribution in [-0.4, -0.2) is 11.9 Å². The summed E-state index contributed by atoms with van der Waals surface area (Å²) >= 11 is 9.18. The summed E-state index contributed by atoms with van der Waals surface area (Å²) < 4.78 is 0.767. The summed E-state index contributed by atoms with van der Waals surface area (Å²) in [6, 6.07) is 5.28. The zero-order chi connectivity index (χ0) is 12.4. The molecule has 0 heterocycles. The fourth-order valence-electron chi connectivity index (χ4n) is 1.69. The monoisotopic (exact) mass is 316 g/mol. The molecule has 3 nitrogen and oxygen atoms in total. The second-order valence-electron chi connectivity index (χ2n) is 4.38. The molecule has 0 radical (unpaired) electrons. The van der Waals surface area contributed by atoms with Crippen molar-refractivity contribution in [1.82, 2.24) is 0 Å². The van der Waals surface area contributed by atoms with E-state index < -0.39 is 0 Å². The number of anilines is 1. The second-order valence-corrected chi connectivity index (χ2v) is 5.64. The van der Waals surface area contributed by atoms with Gasteiger partial charge in [-0.25, -0.2) is 0 Å². The van der Waals surface area contributed by atoms with Gasteiger partial charge in [0.2, 0.25) is 5.91 Å². The highest BCUT2D eigenvalue weighted by Crippen LogP contribution is 2.33. The molecule has 3 N–H and O–H groups in total. The molecule has 1 aromatic carbocycles. The molecule has 1 amide bonds. The summed E-state index contributed by atoms with van der Waals surface area (Å²) in [4.78, 5) is 11.7. The summed E-state index contributed by atoms with van der Waals surface area (Å²) in [7, 11) is 0. The molecule has 1 aliphatic rings. The van der Waals surface area contributed by atoms with E-state index in [2.05, 4.69) is 21.2 Å². The first-order valence-electron chi connectivity index (χ1n) is 5.57. The maximum atomic E-state index is 11.7. The smallest absolute Gasteiger partial charge is 0.225 e. The summed E-state index contributed by atoms with van der Waals surface area (Å²) in [5, 5.41) is 3.44. The van der Waals surface area contributed by atoms with Crippen molar-refractivity contribution in [3.8, 4) is 0 Å². The third-order valence-corrected chi connectivity index (χ3v) is 4.07. The van der Waals surface area contributed by atoms with Crippen LogP contribution in [0.4, 0.5) is 5.69 Å². The SMILES string of the molecule is NC(CC(=O)Nc1ccc(Cl)c(Br)c1)C1CC1. The number of hydrogen-bond acceptors (Lipinski definition) is 2. The van der Waals surface area contributed by atoms with Gasteiger partial charge < -0.3 is 11.1 Å². The second kappa shape index (κ2) is 5.38. The Hall–Kier alpha value is -0.580. The predicted octanol–water partition coefficient (Wildman–Crippen LogP) is 3.17. The van der Waals surface area contributed by atoms with Gasteiger partial charge in [0, 0.05) is 22.6 Å². The number of halogens is 2. The maximum Gasteiger partial charge on any atom is 0.225 e. The lowest BCUT2D eigenvalue weighted by Gasteiger charge is -2.10. The lowest BCUT2D eigenvalue weighted by molar-refractivity contribution is -0.116. The van der Waals surface area contributed by atoms with E-state index in [0.717, 1.165) is 23.0 Å². The van der Waals surface area contributed by atoms with Gasteiger partial charge in [0.1, 0.15) is 0 Å². The Balaban J connectivity index is 1.90. The fourth-order valence-corrected chi connectivity index (χ4v) is 2.19. The first kappa shape index (κ1) is 12.9. The van der Waals surface area contributed by atoms with Gasteiger partial charge >= 0.3 is 0 Å². The minimum Gasteiger partial charge on any atom is -0.327 e. The van der Waals surface area contributed by atoms with Gasteiger partial charge in [-0.2, -0.15) is 0 Å². The molecular weight excluding hydrogens is 304 g/mol. The summed E-state index contributed by atoms with van der Waals surface area (Å²) in [5.74, 6) is 0.497. The Bertz CT molecular complexity index is 435. The average Bonchev–Trinajstić information content (AvgIpc) is 3.06. The molecule has 1 fully saturated rings. The third-order valence-electron chi connectivity index (χ3n) is 2.85. The van der Waals surface area contributed by atoms with E-state index in [1.165, 1.54) is 0 Å². The molecule has 2 rings (SSSR count). The molecule has 5 heteroatoms. The maximum absolute atomic E-state index is 11.7. The molecule has 0 saturated heterocycles. The molecule has 1 unspecified atom stereocenters. The zero-order valence-electron chi connectivity index (χ0n) is 9.25. The van der Waals surface area contributed by atoms with Gasteiger partial charge in [-0.1, -0.05) is 11.6 Å². The van der Waals surface area contributed by atoms with E-state index in [1.807, 2.05) is 0 Å². The number of amides is 1. The molecule has 0 aromatic heterocycles. The molecule has 1 saturated carbocycles. The van der Waals surface area contributed by atoms with E-state index in [9.17, 15) is 4.79 Å². The lowest BCUT2D eigenvalue weighted by Crippen LogP contribution is -2.28. The van der Waals surface area contributed by atoms with Crippen LogP contribution in [0.15, 0.2) is 22.7 Å². The third kappa shape index (κ3) is 3.69. The lowest BCUT2D eigenvalue weighted by atomic mass is 10.1. The molecule has 0 aliphatic heterocycles. The van der Waals surface area contributed by atoms with Gasteiger partial charge in [-0.05, 0) is 52.9 Å². The van der Waals surface area contributed by atoms with Gasteiger partial charge in [0.15, 0.2) is 0 Å². The molecule has 0 bridgehead atoms. The van der Waals surface area contributed by atoms with Crippen molar-refractivity contribution >= 4 is 39.1 Å². The van der Waals surface area contributed by atoms with Crippen molar-refractivity contribution in [2.75, 3.05) is 5.32 Å². The topological polar surface area (TPSA) is 55.1 Å². The summed E-state index contributed by atoms with van der Waals surface area (Å²) in [6.45, 7) is 0. The molecule has 92 valence electrons. The van der Waals surface area contributed by atoms with Crippen LogP contribution in [0, 0.1) is 5.92 Å². The van der Waals surface area contributed by atoms with Crippen LogP contribution in [0.1, 0.15) is 19.3 Å². The molecule has 1 aliphatic carbocycles. The Morgan fingerprint density at radius 2 is 2.29 bits per heavy atom. The Labute approximate surface area is 114 Å². The van der Waals surface area contributed by atoms with Crippen molar-refractivity contribution in [2.24, 2.45) is 11.7 Å². The molecule has 1 aromatic rings. The number of rotatable bonds is 4. The molecule has 1 atom stereocenters. The van der Waals surface area contributed by atoms with Crippen molar-refractivity contribution in [2.45, 2.75) is 25.3 Å². The normalized spacial score (nSPS) is 16.6. The first-order valence-corrected chi connectivity index (χ1v) is 6.74. The standard InChI is InChI=1S/C12H14BrClN2O/c13-9-5-8(3-4-10(9)14)16-12(17)6-11(15)7-1-2-7/h3-5,7,11H,1-2,6,15H2,(H,16,17). The number of benzene rings is 1. The van der Waals surface area contributed by atoms with E-state index in [0.29, 0.717) is 17.4 Å². The molecular formula is C12H14BrClN2O. The minimum atomic E-state index is -0.0429. The zero-order valence-corrected chi connectivity index (χ0v) is 11.6. The van der Waals surface area contributed by atoms with Crippen LogP contribution in [0.25, 0.3) is 0 Å². The quantitative estimate of drug-likeness (QED) is 0.896. The summed E-state index contributed by atoms with van der Waals surface area (Å²) in [6.07, 6.45) is 2.69. The van der Waals surface area contributed by atoms with E-state index in [4.69, 9.17) is 17.3 Å². The number of carbonyl (C=O) groups is 1. The predicted molar refractivity (Wildman–Crippen MR) is 73.1 cm³/mol. The first-order chi connectivity index (χ1) is 8.06. The van der Waals surface area contributed by atoms with Crippen molar-refractivity contribution in [3.05, 3.63) is 27.7 Å². The van der Waals surface area contributed by atoms with Crippen molar-refractivity contribution < 1.29 is 4.79 Å². The van der Waals surface area contributed by atoms with Gasteiger partial charge in [0.25, 0.3) is 0 Å². The highest BCUT2D eigenvalue weighted by molar-refractivity contribution is 9.10. The van der Waals surface area contributed by atoms with Crippen molar-refractivity contribution in [3.63, 3.8) is 0 Å².